The first-order valence-corrected chi connectivity index (χ1v) is 5.49. The average molecular weight is 251 g/mol. The van der Waals surface area contributed by atoms with E-state index in [0.717, 1.165) is 19.5 Å². The number of likely N-dealkylation sites (tertiary alicyclic amines) is 1. The van der Waals surface area contributed by atoms with Gasteiger partial charge < -0.3 is 15.4 Å². The van der Waals surface area contributed by atoms with Crippen LogP contribution in [0.15, 0.2) is 0 Å². The van der Waals surface area contributed by atoms with Gasteiger partial charge in [0.2, 0.25) is 5.91 Å². The van der Waals surface area contributed by atoms with Gasteiger partial charge in [-0.15, -0.1) is 12.4 Å². The molecule has 1 fully saturated rings. The molecule has 1 aliphatic heterocycles. The summed E-state index contributed by atoms with van der Waals surface area (Å²) in [7, 11) is 1.56. The summed E-state index contributed by atoms with van der Waals surface area (Å²) >= 11 is 0. The van der Waals surface area contributed by atoms with Crippen molar-refractivity contribution < 1.29 is 9.53 Å². The van der Waals surface area contributed by atoms with Crippen LogP contribution >= 0.6 is 12.4 Å². The van der Waals surface area contributed by atoms with Gasteiger partial charge in [0.15, 0.2) is 0 Å². The second-order valence-corrected chi connectivity index (χ2v) is 5.09. The molecule has 16 heavy (non-hydrogen) atoms. The Bertz CT molecular complexity index is 234. The number of halogens is 1. The lowest BCUT2D eigenvalue weighted by Gasteiger charge is -2.39. The van der Waals surface area contributed by atoms with Gasteiger partial charge in [-0.3, -0.25) is 4.79 Å². The normalized spacial score (nSPS) is 21.1. The van der Waals surface area contributed by atoms with Gasteiger partial charge in [-0.05, 0) is 18.3 Å². The summed E-state index contributed by atoms with van der Waals surface area (Å²) in [6.07, 6.45) is 2.24. The van der Waals surface area contributed by atoms with Crippen LogP contribution in [0.2, 0.25) is 0 Å². The highest BCUT2D eigenvalue weighted by Gasteiger charge is 2.31. The van der Waals surface area contributed by atoms with Gasteiger partial charge in [-0.2, -0.15) is 0 Å². The molecule has 0 saturated carbocycles. The summed E-state index contributed by atoms with van der Waals surface area (Å²) in [5.74, 6) is 0.0182. The number of hydrogen-bond acceptors (Lipinski definition) is 3. The predicted molar refractivity (Wildman–Crippen MR) is 66.7 cm³/mol. The number of carbonyl (C=O) groups excluding carboxylic acids is 1. The molecule has 0 aliphatic carbocycles. The molecule has 2 N–H and O–H groups in total. The van der Waals surface area contributed by atoms with Crippen molar-refractivity contribution in [1.82, 2.24) is 4.90 Å². The Labute approximate surface area is 104 Å². The molecule has 0 bridgehead atoms. The Morgan fingerprint density at radius 1 is 1.56 bits per heavy atom. The molecule has 1 unspecified atom stereocenters. The third-order valence-corrected chi connectivity index (χ3v) is 2.88. The maximum Gasteiger partial charge on any atom is 0.241 e. The van der Waals surface area contributed by atoms with Gasteiger partial charge in [0.1, 0.15) is 6.04 Å². The first kappa shape index (κ1) is 15.7. The minimum absolute atomic E-state index is 0. The van der Waals surface area contributed by atoms with Crippen LogP contribution in [-0.2, 0) is 9.53 Å². The Hall–Kier alpha value is -0.320. The Morgan fingerprint density at radius 2 is 2.19 bits per heavy atom. The van der Waals surface area contributed by atoms with E-state index in [2.05, 4.69) is 13.8 Å². The van der Waals surface area contributed by atoms with Gasteiger partial charge in [0.25, 0.3) is 0 Å². The maximum atomic E-state index is 11.9. The first-order chi connectivity index (χ1) is 6.96. The average Bonchev–Trinajstić information content (AvgIpc) is 2.15. The van der Waals surface area contributed by atoms with Crippen LogP contribution in [0, 0.1) is 5.41 Å². The zero-order valence-electron chi connectivity index (χ0n) is 10.4. The standard InChI is InChI=1S/C11H22N2O2.ClH/c1-11(2)5-4-6-13(8-11)10(14)9(12)7-15-3;/h9H,4-8,12H2,1-3H3;1H. The number of piperidine rings is 1. The summed E-state index contributed by atoms with van der Waals surface area (Å²) in [5.41, 5.74) is 5.95. The molecule has 1 saturated heterocycles. The number of hydrogen-bond donors (Lipinski definition) is 1. The van der Waals surface area contributed by atoms with Crippen LogP contribution in [0.3, 0.4) is 0 Å². The quantitative estimate of drug-likeness (QED) is 0.814. The molecule has 4 nitrogen and oxygen atoms in total. The number of methoxy groups -OCH3 is 1. The van der Waals surface area contributed by atoms with E-state index in [0.29, 0.717) is 6.61 Å². The Kier molecular flexibility index (Phi) is 6.30. The molecule has 1 aliphatic rings. The molecule has 1 amide bonds. The lowest BCUT2D eigenvalue weighted by atomic mass is 9.84. The molecule has 0 spiro atoms. The number of nitrogens with zero attached hydrogens (tertiary/aromatic N) is 1. The predicted octanol–water partition coefficient (Wildman–Crippen LogP) is 1.03. The summed E-state index contributed by atoms with van der Waals surface area (Å²) in [5, 5.41) is 0. The lowest BCUT2D eigenvalue weighted by molar-refractivity contribution is -0.136. The van der Waals surface area contributed by atoms with Gasteiger partial charge in [0.05, 0.1) is 6.61 Å². The minimum atomic E-state index is -0.510. The highest BCUT2D eigenvalue weighted by Crippen LogP contribution is 2.28. The third kappa shape index (κ3) is 4.28. The smallest absolute Gasteiger partial charge is 0.241 e. The van der Waals surface area contributed by atoms with Crippen molar-refractivity contribution in [3.05, 3.63) is 0 Å². The molecule has 0 aromatic heterocycles. The monoisotopic (exact) mass is 250 g/mol. The summed E-state index contributed by atoms with van der Waals surface area (Å²) in [6.45, 7) is 6.32. The van der Waals surface area contributed by atoms with Crippen molar-refractivity contribution in [1.29, 1.82) is 0 Å². The first-order valence-electron chi connectivity index (χ1n) is 5.49. The van der Waals surface area contributed by atoms with Crippen LogP contribution in [-0.4, -0.2) is 43.7 Å². The summed E-state index contributed by atoms with van der Waals surface area (Å²) in [6, 6.07) is -0.510. The van der Waals surface area contributed by atoms with Gasteiger partial charge >= 0.3 is 0 Å². The second-order valence-electron chi connectivity index (χ2n) is 5.09. The molecule has 96 valence electrons. The number of ether oxygens (including phenoxy) is 1. The van der Waals surface area contributed by atoms with E-state index in [4.69, 9.17) is 10.5 Å². The second kappa shape index (κ2) is 6.42. The number of carbonyl (C=O) groups is 1. The number of nitrogens with two attached hydrogens (primary N) is 1. The van der Waals surface area contributed by atoms with E-state index in [1.165, 1.54) is 6.42 Å². The Morgan fingerprint density at radius 3 is 2.69 bits per heavy atom. The molecule has 0 aromatic rings. The fourth-order valence-electron chi connectivity index (χ4n) is 2.10. The summed E-state index contributed by atoms with van der Waals surface area (Å²) < 4.78 is 4.90. The molecule has 5 heteroatoms. The molecular weight excluding hydrogens is 228 g/mol. The largest absolute Gasteiger partial charge is 0.383 e. The van der Waals surface area contributed by atoms with Crippen molar-refractivity contribution in [2.75, 3.05) is 26.8 Å². The molecular formula is C11H23ClN2O2. The van der Waals surface area contributed by atoms with E-state index in [1.54, 1.807) is 7.11 Å². The van der Waals surface area contributed by atoms with Crippen LogP contribution < -0.4 is 5.73 Å². The van der Waals surface area contributed by atoms with Gasteiger partial charge in [-0.1, -0.05) is 13.8 Å². The van der Waals surface area contributed by atoms with E-state index in [1.807, 2.05) is 4.90 Å². The van der Waals surface area contributed by atoms with Crippen LogP contribution in [0.1, 0.15) is 26.7 Å². The lowest BCUT2D eigenvalue weighted by Crippen LogP contribution is -2.51. The van der Waals surface area contributed by atoms with Crippen LogP contribution in [0.4, 0.5) is 0 Å². The zero-order chi connectivity index (χ0) is 11.5. The van der Waals surface area contributed by atoms with E-state index in [-0.39, 0.29) is 23.7 Å². The topological polar surface area (TPSA) is 55.6 Å². The van der Waals surface area contributed by atoms with E-state index >= 15 is 0 Å². The SMILES string of the molecule is COCC(N)C(=O)N1CCCC(C)(C)C1.Cl. The van der Waals surface area contributed by atoms with E-state index in [9.17, 15) is 4.79 Å². The third-order valence-electron chi connectivity index (χ3n) is 2.88. The van der Waals surface area contributed by atoms with E-state index < -0.39 is 6.04 Å². The maximum absolute atomic E-state index is 11.9. The van der Waals surface area contributed by atoms with Crippen molar-refractivity contribution in [2.45, 2.75) is 32.7 Å². The molecule has 0 aromatic carbocycles. The molecule has 1 heterocycles. The van der Waals surface area contributed by atoms with Crippen LogP contribution in [0.25, 0.3) is 0 Å². The van der Waals surface area contributed by atoms with Gasteiger partial charge in [-0.25, -0.2) is 0 Å². The van der Waals surface area contributed by atoms with Crippen molar-refractivity contribution >= 4 is 18.3 Å². The molecule has 1 atom stereocenters. The highest BCUT2D eigenvalue weighted by molar-refractivity contribution is 5.85. The molecule has 1 rings (SSSR count). The van der Waals surface area contributed by atoms with Crippen LogP contribution in [0.5, 0.6) is 0 Å². The fourth-order valence-corrected chi connectivity index (χ4v) is 2.10. The number of rotatable bonds is 3. The Balaban J connectivity index is 0.00000225. The minimum Gasteiger partial charge on any atom is -0.383 e. The van der Waals surface area contributed by atoms with Crippen molar-refractivity contribution in [3.8, 4) is 0 Å². The van der Waals surface area contributed by atoms with Gasteiger partial charge in [0, 0.05) is 20.2 Å². The fraction of sp³-hybridized carbons (Fsp3) is 0.909. The van der Waals surface area contributed by atoms with Crippen molar-refractivity contribution in [3.63, 3.8) is 0 Å². The zero-order valence-corrected chi connectivity index (χ0v) is 11.2. The summed E-state index contributed by atoms with van der Waals surface area (Å²) in [4.78, 5) is 13.8. The number of amides is 1. The van der Waals surface area contributed by atoms with Crippen molar-refractivity contribution in [2.24, 2.45) is 11.1 Å². The molecule has 0 radical (unpaired) electrons. The highest BCUT2D eigenvalue weighted by atomic mass is 35.5.